The van der Waals surface area contributed by atoms with E-state index >= 15 is 0 Å². The van der Waals surface area contributed by atoms with E-state index in [-0.39, 0.29) is 16.3 Å². The molecule has 0 fully saturated rings. The molecule has 2 rings (SSSR count). The van der Waals surface area contributed by atoms with Crippen molar-refractivity contribution >= 4 is 5.91 Å². The van der Waals surface area contributed by atoms with E-state index in [0.717, 1.165) is 0 Å². The van der Waals surface area contributed by atoms with E-state index in [1.807, 2.05) is 0 Å². The SMILES string of the molecule is CNC(=O)c1c(-c2ccc(OC)c(OC)c2)no[n+]1[O-]. The molecule has 0 saturated heterocycles. The van der Waals surface area contributed by atoms with Crippen LogP contribution in [0.25, 0.3) is 11.3 Å². The minimum atomic E-state index is -0.592. The molecule has 1 aromatic heterocycles. The predicted octanol–water partition coefficient (Wildman–Crippen LogP) is 0.352. The first-order valence-corrected chi connectivity index (χ1v) is 5.66. The van der Waals surface area contributed by atoms with E-state index in [2.05, 4.69) is 15.1 Å². The third kappa shape index (κ3) is 2.22. The lowest BCUT2D eigenvalue weighted by molar-refractivity contribution is -0.803. The van der Waals surface area contributed by atoms with Crippen LogP contribution in [0.5, 0.6) is 11.5 Å². The van der Waals surface area contributed by atoms with Crippen molar-refractivity contribution in [3.05, 3.63) is 29.1 Å². The van der Waals surface area contributed by atoms with Crippen LogP contribution in [-0.2, 0) is 0 Å². The number of carbonyl (C=O) groups is 1. The molecule has 8 nitrogen and oxygen atoms in total. The van der Waals surface area contributed by atoms with Gasteiger partial charge in [-0.2, -0.15) is 0 Å². The average Bonchev–Trinajstić information content (AvgIpc) is 2.87. The lowest BCUT2D eigenvalue weighted by Gasteiger charge is -2.07. The van der Waals surface area contributed by atoms with Gasteiger partial charge in [0, 0.05) is 17.8 Å². The highest BCUT2D eigenvalue weighted by atomic mass is 16.8. The molecular weight excluding hydrogens is 266 g/mol. The van der Waals surface area contributed by atoms with Gasteiger partial charge in [0.05, 0.1) is 14.2 Å². The van der Waals surface area contributed by atoms with Gasteiger partial charge in [-0.3, -0.25) is 9.42 Å². The number of aromatic nitrogens is 2. The Morgan fingerprint density at radius 1 is 1.35 bits per heavy atom. The van der Waals surface area contributed by atoms with Crippen LogP contribution in [0.4, 0.5) is 0 Å². The Morgan fingerprint density at radius 2 is 2.05 bits per heavy atom. The van der Waals surface area contributed by atoms with Gasteiger partial charge < -0.3 is 20.0 Å². The second kappa shape index (κ2) is 5.47. The van der Waals surface area contributed by atoms with Crippen molar-refractivity contribution in [3.63, 3.8) is 0 Å². The number of hydrogen-bond acceptors (Lipinski definition) is 6. The summed E-state index contributed by atoms with van der Waals surface area (Å²) >= 11 is 0. The summed E-state index contributed by atoms with van der Waals surface area (Å²) < 4.78 is 14.8. The van der Waals surface area contributed by atoms with Crippen LogP contribution in [0, 0.1) is 5.21 Å². The maximum Gasteiger partial charge on any atom is 0.300 e. The molecule has 0 atom stereocenters. The summed E-state index contributed by atoms with van der Waals surface area (Å²) in [6.07, 6.45) is 0. The highest BCUT2D eigenvalue weighted by molar-refractivity contribution is 5.96. The van der Waals surface area contributed by atoms with E-state index in [4.69, 9.17) is 9.47 Å². The quantitative estimate of drug-likeness (QED) is 0.810. The topological polar surface area (TPSA) is 101 Å². The Hall–Kier alpha value is -2.77. The van der Waals surface area contributed by atoms with Crippen LogP contribution in [0.2, 0.25) is 0 Å². The molecule has 0 saturated carbocycles. The number of nitrogens with zero attached hydrogens (tertiary/aromatic N) is 2. The number of ether oxygens (including phenoxy) is 2. The highest BCUT2D eigenvalue weighted by Gasteiger charge is 2.27. The van der Waals surface area contributed by atoms with Gasteiger partial charge in [-0.05, 0) is 23.1 Å². The molecule has 0 aliphatic heterocycles. The Kier molecular flexibility index (Phi) is 3.74. The zero-order valence-electron chi connectivity index (χ0n) is 11.2. The van der Waals surface area contributed by atoms with E-state index in [9.17, 15) is 10.0 Å². The van der Waals surface area contributed by atoms with Crippen LogP contribution in [0.3, 0.4) is 0 Å². The fourth-order valence-electron chi connectivity index (χ4n) is 1.73. The van der Waals surface area contributed by atoms with Gasteiger partial charge in [-0.1, -0.05) is 0 Å². The van der Waals surface area contributed by atoms with Crippen LogP contribution < -0.4 is 19.7 Å². The molecule has 0 radical (unpaired) electrons. The van der Waals surface area contributed by atoms with Gasteiger partial charge in [0.25, 0.3) is 17.3 Å². The summed E-state index contributed by atoms with van der Waals surface area (Å²) in [5, 5.41) is 17.4. The number of hydrogen-bond donors (Lipinski definition) is 1. The molecule has 0 aliphatic rings. The zero-order chi connectivity index (χ0) is 14.7. The molecule has 1 amide bonds. The van der Waals surface area contributed by atoms with Crippen molar-refractivity contribution in [3.8, 4) is 22.8 Å². The summed E-state index contributed by atoms with van der Waals surface area (Å²) in [6.45, 7) is 0. The molecule has 1 heterocycles. The molecule has 0 unspecified atom stereocenters. The standard InChI is InChI=1S/C12H13N3O5/c1-13-12(16)11-10(14-20-15(11)17)7-4-5-8(18-2)9(6-7)19-3/h4-6H,1-3H3,(H,13,16). The highest BCUT2D eigenvalue weighted by Crippen LogP contribution is 2.32. The van der Waals surface area contributed by atoms with Crippen molar-refractivity contribution in [1.82, 2.24) is 10.5 Å². The fraction of sp³-hybridized carbons (Fsp3) is 0.250. The monoisotopic (exact) mass is 279 g/mol. The van der Waals surface area contributed by atoms with Crippen molar-refractivity contribution in [1.29, 1.82) is 0 Å². The molecule has 106 valence electrons. The summed E-state index contributed by atoms with van der Waals surface area (Å²) in [7, 11) is 4.40. The Bertz CT molecular complexity index is 638. The first-order valence-electron chi connectivity index (χ1n) is 5.66. The summed E-state index contributed by atoms with van der Waals surface area (Å²) in [5.74, 6) is 0.385. The second-order valence-electron chi connectivity index (χ2n) is 3.78. The third-order valence-electron chi connectivity index (χ3n) is 2.71. The van der Waals surface area contributed by atoms with Crippen LogP contribution in [0.1, 0.15) is 10.5 Å². The maximum atomic E-state index is 11.7. The summed E-state index contributed by atoms with van der Waals surface area (Å²) in [6, 6.07) is 4.89. The number of rotatable bonds is 4. The number of carbonyl (C=O) groups excluding carboxylic acids is 1. The molecule has 8 heteroatoms. The third-order valence-corrected chi connectivity index (χ3v) is 2.71. The van der Waals surface area contributed by atoms with E-state index < -0.39 is 5.91 Å². The van der Waals surface area contributed by atoms with E-state index in [1.54, 1.807) is 18.2 Å². The van der Waals surface area contributed by atoms with Gasteiger partial charge in [-0.25, -0.2) is 0 Å². The summed E-state index contributed by atoms with van der Waals surface area (Å²) in [5.41, 5.74) is 0.402. The molecule has 0 aliphatic carbocycles. The van der Waals surface area contributed by atoms with E-state index in [0.29, 0.717) is 17.1 Å². The Balaban J connectivity index is 2.55. The molecule has 2 aromatic rings. The van der Waals surface area contributed by atoms with Crippen molar-refractivity contribution in [2.45, 2.75) is 0 Å². The van der Waals surface area contributed by atoms with E-state index in [1.165, 1.54) is 21.3 Å². The van der Waals surface area contributed by atoms with Crippen molar-refractivity contribution in [2.75, 3.05) is 21.3 Å². The molecule has 1 N–H and O–H groups in total. The lowest BCUT2D eigenvalue weighted by Crippen LogP contribution is -2.36. The van der Waals surface area contributed by atoms with Gasteiger partial charge in [0.2, 0.25) is 0 Å². The minimum Gasteiger partial charge on any atom is -0.493 e. The normalized spacial score (nSPS) is 10.2. The zero-order valence-corrected chi connectivity index (χ0v) is 11.2. The molecule has 0 spiro atoms. The summed E-state index contributed by atoms with van der Waals surface area (Å²) in [4.78, 5) is 11.7. The van der Waals surface area contributed by atoms with Gasteiger partial charge in [0.15, 0.2) is 11.5 Å². The average molecular weight is 279 g/mol. The Labute approximate surface area is 114 Å². The van der Waals surface area contributed by atoms with Crippen LogP contribution >= 0.6 is 0 Å². The molecule has 0 bridgehead atoms. The van der Waals surface area contributed by atoms with Crippen molar-refractivity contribution < 1.29 is 23.8 Å². The predicted molar refractivity (Wildman–Crippen MR) is 67.4 cm³/mol. The molecule has 20 heavy (non-hydrogen) atoms. The first-order chi connectivity index (χ1) is 9.62. The van der Waals surface area contributed by atoms with Crippen molar-refractivity contribution in [2.24, 2.45) is 0 Å². The Morgan fingerprint density at radius 3 is 2.65 bits per heavy atom. The fourth-order valence-corrected chi connectivity index (χ4v) is 1.73. The first kappa shape index (κ1) is 13.7. The number of methoxy groups -OCH3 is 2. The van der Waals surface area contributed by atoms with Gasteiger partial charge >= 0.3 is 0 Å². The number of nitrogens with one attached hydrogen (secondary N) is 1. The number of amides is 1. The second-order valence-corrected chi connectivity index (χ2v) is 3.78. The van der Waals surface area contributed by atoms with Crippen LogP contribution in [-0.4, -0.2) is 32.3 Å². The largest absolute Gasteiger partial charge is 0.493 e. The smallest absolute Gasteiger partial charge is 0.300 e. The maximum absolute atomic E-state index is 11.7. The molecule has 1 aromatic carbocycles. The minimum absolute atomic E-state index is 0.0604. The molecular formula is C12H13N3O5. The van der Waals surface area contributed by atoms with Gasteiger partial charge in [0.1, 0.15) is 0 Å². The van der Waals surface area contributed by atoms with Crippen LogP contribution in [0.15, 0.2) is 22.8 Å². The lowest BCUT2D eigenvalue weighted by atomic mass is 10.1. The number of benzene rings is 1. The van der Waals surface area contributed by atoms with Gasteiger partial charge in [-0.15, -0.1) is 0 Å².